The van der Waals surface area contributed by atoms with Gasteiger partial charge >= 0.3 is 0 Å². The van der Waals surface area contributed by atoms with Crippen LogP contribution in [-0.4, -0.2) is 22.0 Å². The molecular weight excluding hydrogens is 414 g/mol. The zero-order valence-electron chi connectivity index (χ0n) is 16.6. The zero-order valence-corrected chi connectivity index (χ0v) is 18.2. The van der Waals surface area contributed by atoms with Crippen LogP contribution in [0.3, 0.4) is 0 Å². The van der Waals surface area contributed by atoms with E-state index in [4.69, 9.17) is 4.98 Å². The molecule has 0 atom stereocenters. The maximum atomic E-state index is 12.1. The third kappa shape index (κ3) is 5.44. The Kier molecular flexibility index (Phi) is 7.26. The van der Waals surface area contributed by atoms with Gasteiger partial charge < -0.3 is 9.88 Å². The molecule has 28 heavy (non-hydrogen) atoms. The Bertz CT molecular complexity index is 915. The molecule has 1 amide bonds. The molecule has 0 aliphatic heterocycles. The molecule has 148 valence electrons. The van der Waals surface area contributed by atoms with Crippen molar-refractivity contribution >= 4 is 32.9 Å². The molecular formula is C23H28BrN3O. The average Bonchev–Trinajstić information content (AvgIpc) is 3.02. The van der Waals surface area contributed by atoms with Crippen molar-refractivity contribution in [3.05, 3.63) is 64.4 Å². The number of rotatable bonds is 9. The number of aromatic nitrogens is 2. The minimum absolute atomic E-state index is 0.00812. The van der Waals surface area contributed by atoms with Gasteiger partial charge in [0.05, 0.1) is 11.0 Å². The highest BCUT2D eigenvalue weighted by atomic mass is 79.9. The van der Waals surface area contributed by atoms with Crippen molar-refractivity contribution in [2.45, 2.75) is 46.1 Å². The maximum Gasteiger partial charge on any atom is 0.251 e. The normalized spacial score (nSPS) is 11.3. The number of hydrogen-bond acceptors (Lipinski definition) is 2. The fraction of sp³-hybridized carbons (Fsp3) is 0.391. The van der Waals surface area contributed by atoms with Crippen LogP contribution in [0, 0.1) is 5.92 Å². The lowest BCUT2D eigenvalue weighted by molar-refractivity contribution is 0.0953. The molecule has 0 spiro atoms. The Morgan fingerprint density at radius 2 is 1.82 bits per heavy atom. The third-order valence-corrected chi connectivity index (χ3v) is 5.28. The molecule has 4 nitrogen and oxygen atoms in total. The Balaban J connectivity index is 1.46. The van der Waals surface area contributed by atoms with Gasteiger partial charge in [0.15, 0.2) is 0 Å². The highest BCUT2D eigenvalue weighted by molar-refractivity contribution is 9.10. The number of nitrogens with zero attached hydrogens (tertiary/aromatic N) is 2. The summed E-state index contributed by atoms with van der Waals surface area (Å²) in [5.74, 6) is 1.75. The Morgan fingerprint density at radius 1 is 1.07 bits per heavy atom. The van der Waals surface area contributed by atoms with Crippen molar-refractivity contribution in [2.24, 2.45) is 5.92 Å². The number of carbonyl (C=O) groups is 1. The summed E-state index contributed by atoms with van der Waals surface area (Å²) in [4.78, 5) is 17.0. The van der Waals surface area contributed by atoms with Gasteiger partial charge in [-0.3, -0.25) is 4.79 Å². The molecule has 2 aromatic carbocycles. The van der Waals surface area contributed by atoms with Crippen molar-refractivity contribution in [2.75, 3.05) is 6.54 Å². The summed E-state index contributed by atoms with van der Waals surface area (Å²) in [6, 6.07) is 15.8. The van der Waals surface area contributed by atoms with Gasteiger partial charge in [0, 0.05) is 29.5 Å². The minimum atomic E-state index is -0.00812. The summed E-state index contributed by atoms with van der Waals surface area (Å²) in [5.41, 5.74) is 3.01. The van der Waals surface area contributed by atoms with Crippen LogP contribution in [0.5, 0.6) is 0 Å². The lowest BCUT2D eigenvalue weighted by atomic mass is 10.1. The van der Waals surface area contributed by atoms with Crippen LogP contribution in [0.15, 0.2) is 53.0 Å². The van der Waals surface area contributed by atoms with Crippen LogP contribution >= 0.6 is 15.9 Å². The lowest BCUT2D eigenvalue weighted by Gasteiger charge is -2.12. The molecule has 1 aromatic heterocycles. The number of benzene rings is 2. The fourth-order valence-corrected chi connectivity index (χ4v) is 3.64. The van der Waals surface area contributed by atoms with Crippen molar-refractivity contribution in [3.8, 4) is 0 Å². The van der Waals surface area contributed by atoms with Gasteiger partial charge in [-0.05, 0) is 55.2 Å². The lowest BCUT2D eigenvalue weighted by Crippen LogP contribution is -2.24. The molecule has 3 aromatic rings. The van der Waals surface area contributed by atoms with E-state index in [0.717, 1.165) is 42.2 Å². The zero-order chi connectivity index (χ0) is 19.9. The molecule has 0 bridgehead atoms. The monoisotopic (exact) mass is 441 g/mol. The van der Waals surface area contributed by atoms with E-state index in [1.54, 1.807) is 0 Å². The number of nitrogens with one attached hydrogen (secondary N) is 1. The van der Waals surface area contributed by atoms with Crippen molar-refractivity contribution < 1.29 is 4.79 Å². The van der Waals surface area contributed by atoms with Gasteiger partial charge in [-0.1, -0.05) is 48.3 Å². The molecule has 5 heteroatoms. The van der Waals surface area contributed by atoms with Gasteiger partial charge in [0.1, 0.15) is 5.82 Å². The summed E-state index contributed by atoms with van der Waals surface area (Å²) in [5, 5.41) is 3.00. The molecule has 0 aliphatic carbocycles. The number of carbonyl (C=O) groups excluding carboxylic acids is 1. The molecule has 1 heterocycles. The summed E-state index contributed by atoms with van der Waals surface area (Å²) in [7, 11) is 0. The van der Waals surface area contributed by atoms with E-state index in [0.29, 0.717) is 18.0 Å². The van der Waals surface area contributed by atoms with Crippen LogP contribution in [0.2, 0.25) is 0 Å². The van der Waals surface area contributed by atoms with Gasteiger partial charge in [-0.25, -0.2) is 4.98 Å². The second kappa shape index (κ2) is 9.87. The van der Waals surface area contributed by atoms with Gasteiger partial charge in [-0.15, -0.1) is 0 Å². The second-order valence-corrected chi connectivity index (χ2v) is 8.51. The van der Waals surface area contributed by atoms with Crippen LogP contribution < -0.4 is 5.32 Å². The van der Waals surface area contributed by atoms with E-state index in [9.17, 15) is 4.79 Å². The van der Waals surface area contributed by atoms with Crippen LogP contribution in [0.4, 0.5) is 0 Å². The number of para-hydroxylation sites is 2. The van der Waals surface area contributed by atoms with Gasteiger partial charge in [0.25, 0.3) is 5.91 Å². The topological polar surface area (TPSA) is 46.9 Å². The Hall–Kier alpha value is -2.14. The molecule has 0 saturated heterocycles. The Morgan fingerprint density at radius 3 is 2.57 bits per heavy atom. The largest absolute Gasteiger partial charge is 0.352 e. The number of amides is 1. The molecule has 0 saturated carbocycles. The van der Waals surface area contributed by atoms with E-state index in [2.05, 4.69) is 57.9 Å². The quantitative estimate of drug-likeness (QED) is 0.439. The molecule has 0 fully saturated rings. The summed E-state index contributed by atoms with van der Waals surface area (Å²) in [6.45, 7) is 6.19. The van der Waals surface area contributed by atoms with E-state index in [1.807, 2.05) is 30.3 Å². The first-order chi connectivity index (χ1) is 13.5. The standard InChI is InChI=1S/C23H28BrN3O/c1-17(2)16-27-21-9-6-5-8-20(21)26-22(27)10-4-3-7-15-25-23(28)18-11-13-19(24)14-12-18/h5-6,8-9,11-14,17H,3-4,7,10,15-16H2,1-2H3,(H,25,28). The van der Waals surface area contributed by atoms with Gasteiger partial charge in [-0.2, -0.15) is 0 Å². The molecule has 3 rings (SSSR count). The first kappa shape index (κ1) is 20.6. The van der Waals surface area contributed by atoms with Crippen LogP contribution in [-0.2, 0) is 13.0 Å². The smallest absolute Gasteiger partial charge is 0.251 e. The van der Waals surface area contributed by atoms with Crippen molar-refractivity contribution in [3.63, 3.8) is 0 Å². The first-order valence-electron chi connectivity index (χ1n) is 10.0. The van der Waals surface area contributed by atoms with E-state index < -0.39 is 0 Å². The van der Waals surface area contributed by atoms with E-state index in [-0.39, 0.29) is 5.91 Å². The number of hydrogen-bond donors (Lipinski definition) is 1. The highest BCUT2D eigenvalue weighted by Crippen LogP contribution is 2.19. The summed E-state index contributed by atoms with van der Waals surface area (Å²) < 4.78 is 3.35. The number of aryl methyl sites for hydroxylation is 1. The van der Waals surface area contributed by atoms with Crippen LogP contribution in [0.25, 0.3) is 11.0 Å². The highest BCUT2D eigenvalue weighted by Gasteiger charge is 2.11. The maximum absolute atomic E-state index is 12.1. The minimum Gasteiger partial charge on any atom is -0.352 e. The predicted octanol–water partition coefficient (Wildman–Crippen LogP) is 5.60. The van der Waals surface area contributed by atoms with E-state index in [1.165, 1.54) is 11.3 Å². The third-order valence-electron chi connectivity index (χ3n) is 4.75. The van der Waals surface area contributed by atoms with Crippen LogP contribution in [0.1, 0.15) is 49.3 Å². The number of fused-ring (bicyclic) bond motifs is 1. The second-order valence-electron chi connectivity index (χ2n) is 7.59. The van der Waals surface area contributed by atoms with E-state index >= 15 is 0 Å². The molecule has 0 unspecified atom stereocenters. The number of imidazole rings is 1. The average molecular weight is 442 g/mol. The molecule has 0 aliphatic rings. The van der Waals surface area contributed by atoms with Crippen molar-refractivity contribution in [1.82, 2.24) is 14.9 Å². The molecule has 1 N–H and O–H groups in total. The fourth-order valence-electron chi connectivity index (χ4n) is 3.38. The SMILES string of the molecule is CC(C)Cn1c(CCCCCNC(=O)c2ccc(Br)cc2)nc2ccccc21. The first-order valence-corrected chi connectivity index (χ1v) is 10.8. The number of halogens is 1. The predicted molar refractivity (Wildman–Crippen MR) is 119 cm³/mol. The van der Waals surface area contributed by atoms with Crippen molar-refractivity contribution in [1.29, 1.82) is 0 Å². The van der Waals surface area contributed by atoms with Gasteiger partial charge in [0.2, 0.25) is 0 Å². The summed E-state index contributed by atoms with van der Waals surface area (Å²) in [6.07, 6.45) is 4.11. The molecule has 0 radical (unpaired) electrons. The number of unbranched alkanes of at least 4 members (excludes halogenated alkanes) is 2. The summed E-state index contributed by atoms with van der Waals surface area (Å²) >= 11 is 3.39. The Labute approximate surface area is 175 Å².